The zero-order valence-corrected chi connectivity index (χ0v) is 13.2. The van der Waals surface area contributed by atoms with Gasteiger partial charge in [0, 0.05) is 16.5 Å². The van der Waals surface area contributed by atoms with E-state index in [1.165, 1.54) is 0 Å². The highest BCUT2D eigenvalue weighted by Crippen LogP contribution is 2.38. The van der Waals surface area contributed by atoms with Gasteiger partial charge in [0.15, 0.2) is 6.61 Å². The van der Waals surface area contributed by atoms with Gasteiger partial charge in [-0.25, -0.2) is 0 Å². The first-order valence-corrected chi connectivity index (χ1v) is 7.99. The van der Waals surface area contributed by atoms with E-state index in [1.54, 1.807) is 6.07 Å². The Morgan fingerprint density at radius 1 is 1.17 bits per heavy atom. The largest absolute Gasteiger partial charge is 0.456 e. The Bertz CT molecular complexity index is 943. The van der Waals surface area contributed by atoms with Crippen LogP contribution in [0.3, 0.4) is 0 Å². The molecule has 1 aromatic heterocycles. The average molecular weight is 323 g/mol. The van der Waals surface area contributed by atoms with Crippen molar-refractivity contribution in [2.75, 3.05) is 11.9 Å². The normalized spacial score (nSPS) is 19.4. The fourth-order valence-electron chi connectivity index (χ4n) is 2.90. The Hall–Kier alpha value is -2.82. The Morgan fingerprint density at radius 2 is 1.92 bits per heavy atom. The van der Waals surface area contributed by atoms with Crippen molar-refractivity contribution in [3.63, 3.8) is 0 Å². The number of fused-ring (bicyclic) bond motifs is 3. The van der Waals surface area contributed by atoms with Gasteiger partial charge in [-0.15, -0.1) is 0 Å². The first-order valence-electron chi connectivity index (χ1n) is 7.99. The van der Waals surface area contributed by atoms with Crippen LogP contribution < -0.4 is 5.32 Å². The van der Waals surface area contributed by atoms with Crippen LogP contribution in [0.15, 0.2) is 46.9 Å². The number of hydrogen-bond donors (Lipinski definition) is 1. The van der Waals surface area contributed by atoms with Gasteiger partial charge in [-0.3, -0.25) is 9.59 Å². The van der Waals surface area contributed by atoms with E-state index in [0.29, 0.717) is 11.6 Å². The predicted octanol–water partition coefficient (Wildman–Crippen LogP) is 3.72. The van der Waals surface area contributed by atoms with Crippen molar-refractivity contribution in [3.05, 3.63) is 42.5 Å². The molecular weight excluding hydrogens is 306 g/mol. The van der Waals surface area contributed by atoms with Gasteiger partial charge >= 0.3 is 5.97 Å². The minimum Gasteiger partial charge on any atom is -0.456 e. The molecule has 2 aromatic carbocycles. The maximum Gasteiger partial charge on any atom is 0.309 e. The smallest absolute Gasteiger partial charge is 0.309 e. The highest BCUT2D eigenvalue weighted by atomic mass is 16.5. The summed E-state index contributed by atoms with van der Waals surface area (Å²) in [6, 6.07) is 13.2. The Morgan fingerprint density at radius 3 is 2.71 bits per heavy atom. The molecule has 0 bridgehead atoms. The number of rotatable bonds is 4. The second-order valence-electron chi connectivity index (χ2n) is 6.28. The van der Waals surface area contributed by atoms with Gasteiger partial charge in [0.05, 0.1) is 5.92 Å². The first kappa shape index (κ1) is 14.8. The van der Waals surface area contributed by atoms with E-state index < -0.39 is 0 Å². The first-order chi connectivity index (χ1) is 11.6. The van der Waals surface area contributed by atoms with Gasteiger partial charge in [0.1, 0.15) is 11.2 Å². The summed E-state index contributed by atoms with van der Waals surface area (Å²) in [6.07, 6.45) is 0.852. The van der Waals surface area contributed by atoms with Crippen LogP contribution in [-0.4, -0.2) is 18.5 Å². The fourth-order valence-corrected chi connectivity index (χ4v) is 2.90. The molecule has 1 amide bonds. The minimum absolute atomic E-state index is 0.0357. The minimum atomic E-state index is -0.344. The van der Waals surface area contributed by atoms with Gasteiger partial charge < -0.3 is 14.5 Å². The molecule has 0 spiro atoms. The molecule has 2 atom stereocenters. The number of ether oxygens (including phenoxy) is 1. The molecule has 1 aliphatic carbocycles. The second-order valence-corrected chi connectivity index (χ2v) is 6.28. The lowest BCUT2D eigenvalue weighted by atomic mass is 10.1. The maximum absolute atomic E-state index is 12.0. The second kappa shape index (κ2) is 5.67. The summed E-state index contributed by atoms with van der Waals surface area (Å²) in [6.45, 7) is 1.74. The van der Waals surface area contributed by atoms with E-state index >= 15 is 0 Å². The number of para-hydroxylation sites is 1. The highest BCUT2D eigenvalue weighted by molar-refractivity contribution is 6.07. The third-order valence-electron chi connectivity index (χ3n) is 4.42. The molecule has 1 heterocycles. The monoisotopic (exact) mass is 323 g/mol. The average Bonchev–Trinajstić information content (AvgIpc) is 3.20. The van der Waals surface area contributed by atoms with Crippen LogP contribution in [0.4, 0.5) is 5.69 Å². The summed E-state index contributed by atoms with van der Waals surface area (Å²) in [5.74, 6) is -0.290. The number of furan rings is 1. The van der Waals surface area contributed by atoms with E-state index in [4.69, 9.17) is 9.15 Å². The number of amides is 1. The van der Waals surface area contributed by atoms with Crippen molar-refractivity contribution in [3.8, 4) is 0 Å². The summed E-state index contributed by atoms with van der Waals surface area (Å²) in [7, 11) is 0. The van der Waals surface area contributed by atoms with Crippen LogP contribution in [0, 0.1) is 11.8 Å². The molecule has 3 aromatic rings. The number of hydrogen-bond acceptors (Lipinski definition) is 4. The number of nitrogens with one attached hydrogen (secondary N) is 1. The van der Waals surface area contributed by atoms with Crippen molar-refractivity contribution in [2.45, 2.75) is 13.3 Å². The van der Waals surface area contributed by atoms with E-state index in [1.807, 2.05) is 43.3 Å². The van der Waals surface area contributed by atoms with Crippen molar-refractivity contribution < 1.29 is 18.7 Å². The van der Waals surface area contributed by atoms with Gasteiger partial charge in [-0.05, 0) is 36.6 Å². The molecule has 1 saturated carbocycles. The van der Waals surface area contributed by atoms with E-state index in [0.717, 1.165) is 28.4 Å². The number of benzene rings is 2. The third kappa shape index (κ3) is 2.73. The lowest BCUT2D eigenvalue weighted by Crippen LogP contribution is -2.21. The molecule has 0 radical (unpaired) electrons. The lowest BCUT2D eigenvalue weighted by Gasteiger charge is -2.06. The van der Waals surface area contributed by atoms with Crippen LogP contribution in [-0.2, 0) is 14.3 Å². The van der Waals surface area contributed by atoms with Crippen molar-refractivity contribution in [1.29, 1.82) is 0 Å². The number of esters is 1. The molecule has 0 aliphatic heterocycles. The number of carbonyl (C=O) groups excluding carboxylic acids is 2. The SMILES string of the molecule is C[C@H]1C[C@@H]1C(=O)OCC(=O)Nc1ccc2oc3ccccc3c2c1. The van der Waals surface area contributed by atoms with Gasteiger partial charge in [-0.1, -0.05) is 25.1 Å². The van der Waals surface area contributed by atoms with Crippen LogP contribution in [0.5, 0.6) is 0 Å². The van der Waals surface area contributed by atoms with Crippen LogP contribution in [0.25, 0.3) is 21.9 Å². The lowest BCUT2D eigenvalue weighted by molar-refractivity contribution is -0.148. The van der Waals surface area contributed by atoms with E-state index in [9.17, 15) is 9.59 Å². The molecule has 5 nitrogen and oxygen atoms in total. The number of anilines is 1. The topological polar surface area (TPSA) is 68.5 Å². The molecule has 0 saturated heterocycles. The van der Waals surface area contributed by atoms with Gasteiger partial charge in [0.25, 0.3) is 5.91 Å². The van der Waals surface area contributed by atoms with E-state index in [-0.39, 0.29) is 24.4 Å². The molecule has 4 rings (SSSR count). The van der Waals surface area contributed by atoms with Crippen molar-refractivity contribution in [1.82, 2.24) is 0 Å². The standard InChI is InChI=1S/C19H17NO4/c1-11-8-14(11)19(22)23-10-18(21)20-12-6-7-17-15(9-12)13-4-2-3-5-16(13)24-17/h2-7,9,11,14H,8,10H2,1H3,(H,20,21)/t11-,14-/m0/s1. The molecule has 1 aliphatic rings. The summed E-state index contributed by atoms with van der Waals surface area (Å²) in [4.78, 5) is 23.6. The zero-order chi connectivity index (χ0) is 16.7. The molecule has 24 heavy (non-hydrogen) atoms. The van der Waals surface area contributed by atoms with Gasteiger partial charge in [-0.2, -0.15) is 0 Å². The quantitative estimate of drug-likeness (QED) is 0.743. The summed E-state index contributed by atoms with van der Waals surface area (Å²) in [5, 5.41) is 4.69. The van der Waals surface area contributed by atoms with E-state index in [2.05, 4.69) is 5.32 Å². The van der Waals surface area contributed by atoms with Crippen LogP contribution in [0.2, 0.25) is 0 Å². The molecule has 1 fully saturated rings. The summed E-state index contributed by atoms with van der Waals surface area (Å²) >= 11 is 0. The summed E-state index contributed by atoms with van der Waals surface area (Å²) < 4.78 is 10.8. The Kier molecular flexibility index (Phi) is 3.49. The molecule has 0 unspecified atom stereocenters. The predicted molar refractivity (Wildman–Crippen MR) is 90.6 cm³/mol. The molecule has 122 valence electrons. The highest BCUT2D eigenvalue weighted by Gasteiger charge is 2.40. The van der Waals surface area contributed by atoms with Crippen molar-refractivity contribution >= 4 is 39.5 Å². The number of carbonyl (C=O) groups is 2. The Labute approximate surface area is 138 Å². The maximum atomic E-state index is 12.0. The molecule has 5 heteroatoms. The summed E-state index contributed by atoms with van der Waals surface area (Å²) in [5.41, 5.74) is 2.22. The third-order valence-corrected chi connectivity index (χ3v) is 4.42. The zero-order valence-electron chi connectivity index (χ0n) is 13.2. The molecule has 1 N–H and O–H groups in total. The van der Waals surface area contributed by atoms with Crippen LogP contribution in [0.1, 0.15) is 13.3 Å². The van der Waals surface area contributed by atoms with Crippen LogP contribution >= 0.6 is 0 Å². The van der Waals surface area contributed by atoms with Gasteiger partial charge in [0.2, 0.25) is 0 Å². The Balaban J connectivity index is 1.46. The molecular formula is C19H17NO4. The van der Waals surface area contributed by atoms with Crippen molar-refractivity contribution in [2.24, 2.45) is 11.8 Å². The fraction of sp³-hybridized carbons (Fsp3) is 0.263.